The molecule has 2 aromatic heterocycles. The minimum Gasteiger partial charge on any atom is -0.492 e. The fourth-order valence-electron chi connectivity index (χ4n) is 3.27. The van der Waals surface area contributed by atoms with Crippen molar-refractivity contribution in [2.24, 2.45) is 0 Å². The van der Waals surface area contributed by atoms with Gasteiger partial charge in [0.1, 0.15) is 10.6 Å². The van der Waals surface area contributed by atoms with Crippen LogP contribution in [0.2, 0.25) is 0 Å². The van der Waals surface area contributed by atoms with Gasteiger partial charge in [0.15, 0.2) is 11.6 Å². The van der Waals surface area contributed by atoms with Crippen LogP contribution in [0.4, 0.5) is 5.82 Å². The largest absolute Gasteiger partial charge is 0.492 e. The number of ether oxygens (including phenoxy) is 1. The van der Waals surface area contributed by atoms with Crippen molar-refractivity contribution in [3.63, 3.8) is 0 Å². The van der Waals surface area contributed by atoms with Crippen molar-refractivity contribution in [3.05, 3.63) is 53.3 Å². The molecule has 0 saturated carbocycles. The zero-order valence-electron chi connectivity index (χ0n) is 16.3. The Kier molecular flexibility index (Phi) is 6.02. The summed E-state index contributed by atoms with van der Waals surface area (Å²) in [6.45, 7) is 3.97. The number of aromatic nitrogens is 4. The molecule has 0 bridgehead atoms. The van der Waals surface area contributed by atoms with Gasteiger partial charge in [0, 0.05) is 43.0 Å². The number of halogens is 1. The number of benzene rings is 1. The van der Waals surface area contributed by atoms with Gasteiger partial charge >= 0.3 is 0 Å². The summed E-state index contributed by atoms with van der Waals surface area (Å²) >= 11 is 3.36. The first-order chi connectivity index (χ1) is 14.5. The molecule has 1 aliphatic rings. The fraction of sp³-hybridized carbons (Fsp3) is 0.316. The van der Waals surface area contributed by atoms with Crippen LogP contribution in [0.3, 0.4) is 0 Å². The van der Waals surface area contributed by atoms with E-state index in [0.717, 1.165) is 0 Å². The Bertz CT molecular complexity index is 1100. The highest BCUT2D eigenvalue weighted by Gasteiger charge is 2.31. The monoisotopic (exact) mass is 492 g/mol. The maximum Gasteiger partial charge on any atom is 0.246 e. The summed E-state index contributed by atoms with van der Waals surface area (Å²) in [5, 5.41) is 12.6. The molecule has 11 heteroatoms. The summed E-state index contributed by atoms with van der Waals surface area (Å²) in [5.74, 6) is 1.70. The van der Waals surface area contributed by atoms with Crippen molar-refractivity contribution < 1.29 is 13.2 Å². The van der Waals surface area contributed by atoms with Crippen LogP contribution in [-0.4, -0.2) is 65.5 Å². The van der Waals surface area contributed by atoms with Gasteiger partial charge < -0.3 is 9.64 Å². The summed E-state index contributed by atoms with van der Waals surface area (Å²) in [4.78, 5) is 2.20. The van der Waals surface area contributed by atoms with Crippen LogP contribution in [0.25, 0.3) is 5.82 Å². The van der Waals surface area contributed by atoms with Crippen LogP contribution in [0.5, 0.6) is 5.75 Å². The van der Waals surface area contributed by atoms with Crippen molar-refractivity contribution in [3.8, 4) is 11.6 Å². The Morgan fingerprint density at radius 2 is 1.80 bits per heavy atom. The molecule has 0 N–H and O–H groups in total. The van der Waals surface area contributed by atoms with E-state index >= 15 is 0 Å². The highest BCUT2D eigenvalue weighted by molar-refractivity contribution is 9.10. The number of sulfonamides is 1. The highest BCUT2D eigenvalue weighted by atomic mass is 79.9. The number of hydrogen-bond donors (Lipinski definition) is 0. The van der Waals surface area contributed by atoms with Gasteiger partial charge in [-0.3, -0.25) is 0 Å². The molecule has 0 radical (unpaired) electrons. The molecule has 0 aliphatic carbocycles. The molecule has 1 aromatic carbocycles. The quantitative estimate of drug-likeness (QED) is 0.521. The number of piperazine rings is 1. The first kappa shape index (κ1) is 20.8. The van der Waals surface area contributed by atoms with E-state index in [0.29, 0.717) is 54.6 Å². The van der Waals surface area contributed by atoms with E-state index in [1.165, 1.54) is 4.31 Å². The van der Waals surface area contributed by atoms with Gasteiger partial charge in [-0.1, -0.05) is 15.9 Å². The lowest BCUT2D eigenvalue weighted by molar-refractivity contribution is 0.327. The molecule has 1 aliphatic heterocycles. The summed E-state index contributed by atoms with van der Waals surface area (Å²) in [7, 11) is -3.68. The van der Waals surface area contributed by atoms with Crippen LogP contribution in [0, 0.1) is 0 Å². The third-order valence-corrected chi connectivity index (χ3v) is 7.17. The van der Waals surface area contributed by atoms with E-state index in [2.05, 4.69) is 31.2 Å². The van der Waals surface area contributed by atoms with E-state index < -0.39 is 10.0 Å². The maximum absolute atomic E-state index is 13.2. The van der Waals surface area contributed by atoms with Crippen LogP contribution < -0.4 is 9.64 Å². The Hall–Kier alpha value is -2.50. The molecule has 0 amide bonds. The van der Waals surface area contributed by atoms with Gasteiger partial charge in [-0.05, 0) is 43.3 Å². The predicted octanol–water partition coefficient (Wildman–Crippen LogP) is 2.33. The summed E-state index contributed by atoms with van der Waals surface area (Å²) in [5.41, 5.74) is 0. The van der Waals surface area contributed by atoms with Gasteiger partial charge in [0.25, 0.3) is 0 Å². The average molecular weight is 493 g/mol. The van der Waals surface area contributed by atoms with E-state index in [1.54, 1.807) is 35.3 Å². The summed E-state index contributed by atoms with van der Waals surface area (Å²) < 4.78 is 35.8. The molecule has 0 spiro atoms. The molecule has 30 heavy (non-hydrogen) atoms. The van der Waals surface area contributed by atoms with Crippen LogP contribution >= 0.6 is 15.9 Å². The first-order valence-electron chi connectivity index (χ1n) is 9.50. The van der Waals surface area contributed by atoms with Crippen LogP contribution in [0.15, 0.2) is 58.2 Å². The van der Waals surface area contributed by atoms with Gasteiger partial charge in [-0.25, -0.2) is 13.1 Å². The number of hydrogen-bond acceptors (Lipinski definition) is 7. The highest BCUT2D eigenvalue weighted by Crippen LogP contribution is 2.31. The van der Waals surface area contributed by atoms with E-state index in [9.17, 15) is 8.42 Å². The van der Waals surface area contributed by atoms with Crippen molar-refractivity contribution in [1.29, 1.82) is 0 Å². The van der Waals surface area contributed by atoms with E-state index in [1.807, 2.05) is 30.0 Å². The average Bonchev–Trinajstić information content (AvgIpc) is 3.30. The molecule has 0 atom stereocenters. The SMILES string of the molecule is CCOc1ccc(Br)cc1S(=O)(=O)N1CCN(c2ccc(-n3cccn3)nn2)CC1. The molecule has 3 heterocycles. The van der Waals surface area contributed by atoms with Gasteiger partial charge in [-0.15, -0.1) is 10.2 Å². The van der Waals surface area contributed by atoms with E-state index in [4.69, 9.17) is 4.74 Å². The molecule has 3 aromatic rings. The van der Waals surface area contributed by atoms with Gasteiger partial charge in [0.05, 0.1) is 6.61 Å². The fourth-order valence-corrected chi connectivity index (χ4v) is 5.36. The van der Waals surface area contributed by atoms with E-state index in [-0.39, 0.29) is 4.90 Å². The minimum absolute atomic E-state index is 0.176. The standard InChI is InChI=1S/C19H21BrN6O3S/c1-2-29-16-5-4-15(20)14-17(16)30(27,28)25-12-10-24(11-13-25)18-6-7-19(23-22-18)26-9-3-8-21-26/h3-9,14H,2,10-13H2,1H3. The zero-order chi connectivity index (χ0) is 21.1. The lowest BCUT2D eigenvalue weighted by Gasteiger charge is -2.34. The summed E-state index contributed by atoms with van der Waals surface area (Å²) in [6.07, 6.45) is 3.48. The van der Waals surface area contributed by atoms with Crippen molar-refractivity contribution in [1.82, 2.24) is 24.3 Å². The molecule has 4 rings (SSSR count). The Morgan fingerprint density at radius 3 is 2.43 bits per heavy atom. The Labute approximate surface area is 183 Å². The maximum atomic E-state index is 13.2. The Morgan fingerprint density at radius 1 is 1.07 bits per heavy atom. The second-order valence-corrected chi connectivity index (χ2v) is 9.44. The molecule has 9 nitrogen and oxygen atoms in total. The Balaban J connectivity index is 1.47. The third-order valence-electron chi connectivity index (χ3n) is 4.76. The lowest BCUT2D eigenvalue weighted by Crippen LogP contribution is -2.49. The van der Waals surface area contributed by atoms with Gasteiger partial charge in [0.2, 0.25) is 10.0 Å². The summed E-state index contributed by atoms with van der Waals surface area (Å²) in [6, 6.07) is 10.6. The second-order valence-electron chi connectivity index (χ2n) is 6.62. The van der Waals surface area contributed by atoms with Crippen molar-refractivity contribution >= 4 is 31.8 Å². The predicted molar refractivity (Wildman–Crippen MR) is 115 cm³/mol. The molecule has 0 unspecified atom stereocenters. The van der Waals surface area contributed by atoms with Crippen molar-refractivity contribution in [2.45, 2.75) is 11.8 Å². The molecule has 1 fully saturated rings. The normalized spacial score (nSPS) is 15.3. The van der Waals surface area contributed by atoms with Gasteiger partial charge in [-0.2, -0.15) is 9.40 Å². The molecular weight excluding hydrogens is 472 g/mol. The zero-order valence-corrected chi connectivity index (χ0v) is 18.8. The third kappa shape index (κ3) is 4.18. The second kappa shape index (κ2) is 8.70. The molecule has 158 valence electrons. The molecular formula is C19H21BrN6O3S. The van der Waals surface area contributed by atoms with Crippen molar-refractivity contribution in [2.75, 3.05) is 37.7 Å². The topological polar surface area (TPSA) is 93.5 Å². The minimum atomic E-state index is -3.68. The number of anilines is 1. The number of nitrogens with zero attached hydrogens (tertiary/aromatic N) is 6. The molecule has 1 saturated heterocycles. The van der Waals surface area contributed by atoms with Crippen LogP contribution in [-0.2, 0) is 10.0 Å². The van der Waals surface area contributed by atoms with Crippen LogP contribution in [0.1, 0.15) is 6.92 Å². The number of rotatable bonds is 6. The first-order valence-corrected chi connectivity index (χ1v) is 11.7. The smallest absolute Gasteiger partial charge is 0.246 e. The lowest BCUT2D eigenvalue weighted by atomic mass is 10.3.